The molecule has 0 spiro atoms. The molecule has 0 aliphatic heterocycles. The van der Waals surface area contributed by atoms with Crippen LogP contribution in [-0.4, -0.2) is 6.54 Å². The monoisotopic (exact) mass is 212 g/mol. The number of rotatable bonds is 4. The van der Waals surface area contributed by atoms with Gasteiger partial charge in [-0.2, -0.15) is 5.26 Å². The fraction of sp³-hybridized carbons (Fsp3) is 0.250. The lowest BCUT2D eigenvalue weighted by Gasteiger charge is -2.01. The third-order valence-corrected chi connectivity index (χ3v) is 2.19. The second kappa shape index (κ2) is 6.28. The Hall–Kier alpha value is -2.24. The van der Waals surface area contributed by atoms with Gasteiger partial charge in [-0.25, -0.2) is 0 Å². The van der Waals surface area contributed by atoms with E-state index in [4.69, 9.17) is 10.8 Å². The van der Waals surface area contributed by atoms with E-state index in [1.165, 1.54) is 0 Å². The van der Waals surface area contributed by atoms with Crippen molar-refractivity contribution in [1.82, 2.24) is 0 Å². The molecule has 1 aromatic rings. The van der Waals surface area contributed by atoms with Gasteiger partial charge in [-0.15, -0.1) is 0 Å². The number of azide groups is 1. The maximum atomic E-state index is 8.93. The van der Waals surface area contributed by atoms with Crippen LogP contribution in [0.3, 0.4) is 0 Å². The average Bonchev–Trinajstić information content (AvgIpc) is 2.30. The first-order chi connectivity index (χ1) is 7.79. The van der Waals surface area contributed by atoms with Crippen LogP contribution in [0.25, 0.3) is 16.5 Å². The topological polar surface area (TPSA) is 72.5 Å². The van der Waals surface area contributed by atoms with Crippen molar-refractivity contribution < 1.29 is 0 Å². The Morgan fingerprint density at radius 1 is 1.56 bits per heavy atom. The first-order valence-electron chi connectivity index (χ1n) is 4.96. The molecule has 0 saturated carbocycles. The predicted molar refractivity (Wildman–Crippen MR) is 63.6 cm³/mol. The third-order valence-electron chi connectivity index (χ3n) is 2.19. The molecular weight excluding hydrogens is 200 g/mol. The molecule has 0 unspecified atom stereocenters. The lowest BCUT2D eigenvalue weighted by molar-refractivity contribution is 0.995. The van der Waals surface area contributed by atoms with Gasteiger partial charge in [-0.1, -0.05) is 29.4 Å². The van der Waals surface area contributed by atoms with Crippen molar-refractivity contribution >= 4 is 6.08 Å². The Morgan fingerprint density at radius 3 is 3.06 bits per heavy atom. The lowest BCUT2D eigenvalue weighted by atomic mass is 10.0. The summed E-state index contributed by atoms with van der Waals surface area (Å²) in [5.74, 6) is 0. The molecular formula is C12H12N4. The molecule has 0 aliphatic rings. The molecule has 0 bridgehead atoms. The van der Waals surface area contributed by atoms with E-state index in [1.54, 1.807) is 6.07 Å². The predicted octanol–water partition coefficient (Wildman–Crippen LogP) is 3.58. The van der Waals surface area contributed by atoms with Crippen molar-refractivity contribution in [3.8, 4) is 6.07 Å². The molecule has 0 aromatic heterocycles. The molecule has 80 valence electrons. The minimum Gasteiger partial charge on any atom is -0.192 e. The van der Waals surface area contributed by atoms with Crippen molar-refractivity contribution in [2.45, 2.75) is 13.3 Å². The summed E-state index contributed by atoms with van der Waals surface area (Å²) in [7, 11) is 0. The van der Waals surface area contributed by atoms with Gasteiger partial charge in [0.05, 0.1) is 11.6 Å². The standard InChI is InChI=1S/C12H12N4/c1-10-5-4-6-11(9-13)12(10)7-2-3-8-15-16-14/h2,4-7H,3,8H2,1H3. The van der Waals surface area contributed by atoms with Gasteiger partial charge in [0.2, 0.25) is 0 Å². The largest absolute Gasteiger partial charge is 0.192 e. The highest BCUT2D eigenvalue weighted by atomic mass is 15.1. The normalized spacial score (nSPS) is 9.75. The Kier molecular flexibility index (Phi) is 4.65. The van der Waals surface area contributed by atoms with Crippen LogP contribution in [0.4, 0.5) is 0 Å². The van der Waals surface area contributed by atoms with E-state index >= 15 is 0 Å². The first kappa shape index (κ1) is 11.8. The van der Waals surface area contributed by atoms with Crippen LogP contribution >= 0.6 is 0 Å². The van der Waals surface area contributed by atoms with Crippen molar-refractivity contribution in [2.24, 2.45) is 5.11 Å². The molecule has 0 saturated heterocycles. The molecule has 0 N–H and O–H groups in total. The van der Waals surface area contributed by atoms with Gasteiger partial charge in [0.25, 0.3) is 0 Å². The van der Waals surface area contributed by atoms with Gasteiger partial charge in [-0.05, 0) is 36.1 Å². The molecule has 0 amide bonds. The van der Waals surface area contributed by atoms with Crippen LogP contribution in [0.1, 0.15) is 23.1 Å². The molecule has 0 radical (unpaired) electrons. The molecule has 1 rings (SSSR count). The number of nitrogens with zero attached hydrogens (tertiary/aromatic N) is 4. The third kappa shape index (κ3) is 3.16. The molecule has 0 aliphatic carbocycles. The maximum Gasteiger partial charge on any atom is 0.0998 e. The van der Waals surface area contributed by atoms with Crippen molar-refractivity contribution in [1.29, 1.82) is 5.26 Å². The molecule has 0 fully saturated rings. The first-order valence-corrected chi connectivity index (χ1v) is 4.96. The summed E-state index contributed by atoms with van der Waals surface area (Å²) in [6, 6.07) is 7.78. The maximum absolute atomic E-state index is 8.93. The van der Waals surface area contributed by atoms with Gasteiger partial charge in [0.15, 0.2) is 0 Å². The summed E-state index contributed by atoms with van der Waals surface area (Å²) >= 11 is 0. The quantitative estimate of drug-likeness (QED) is 0.325. The molecule has 0 heterocycles. The number of benzene rings is 1. The van der Waals surface area contributed by atoms with E-state index in [0.717, 1.165) is 11.1 Å². The Labute approximate surface area is 94.5 Å². The van der Waals surface area contributed by atoms with E-state index in [0.29, 0.717) is 18.5 Å². The van der Waals surface area contributed by atoms with Crippen LogP contribution in [0, 0.1) is 18.3 Å². The minimum absolute atomic E-state index is 0.445. The van der Waals surface area contributed by atoms with E-state index < -0.39 is 0 Å². The van der Waals surface area contributed by atoms with Crippen LogP contribution in [0.5, 0.6) is 0 Å². The average molecular weight is 212 g/mol. The second-order valence-electron chi connectivity index (χ2n) is 3.29. The van der Waals surface area contributed by atoms with Gasteiger partial charge in [0, 0.05) is 11.5 Å². The summed E-state index contributed by atoms with van der Waals surface area (Å²) in [4.78, 5) is 2.67. The second-order valence-corrected chi connectivity index (χ2v) is 3.29. The zero-order chi connectivity index (χ0) is 11.8. The number of hydrogen-bond acceptors (Lipinski definition) is 2. The molecule has 1 aromatic carbocycles. The highest BCUT2D eigenvalue weighted by Gasteiger charge is 2.00. The van der Waals surface area contributed by atoms with Crippen LogP contribution in [0.15, 0.2) is 29.4 Å². The Bertz CT molecular complexity index is 476. The van der Waals surface area contributed by atoms with E-state index in [9.17, 15) is 0 Å². The van der Waals surface area contributed by atoms with E-state index in [2.05, 4.69) is 16.1 Å². The summed E-state index contributed by atoms with van der Waals surface area (Å²) in [5, 5.41) is 12.4. The number of hydrogen-bond donors (Lipinski definition) is 0. The molecule has 4 nitrogen and oxygen atoms in total. The molecule has 4 heteroatoms. The van der Waals surface area contributed by atoms with Crippen LogP contribution in [0.2, 0.25) is 0 Å². The summed E-state index contributed by atoms with van der Waals surface area (Å²) in [6.07, 6.45) is 4.50. The molecule has 16 heavy (non-hydrogen) atoms. The summed E-state index contributed by atoms with van der Waals surface area (Å²) in [6.45, 7) is 2.41. The van der Waals surface area contributed by atoms with Crippen molar-refractivity contribution in [3.63, 3.8) is 0 Å². The minimum atomic E-state index is 0.445. The highest BCUT2D eigenvalue weighted by molar-refractivity contribution is 5.61. The zero-order valence-corrected chi connectivity index (χ0v) is 9.09. The Morgan fingerprint density at radius 2 is 2.38 bits per heavy atom. The number of aryl methyl sites for hydroxylation is 1. The van der Waals surface area contributed by atoms with E-state index in [-0.39, 0.29) is 0 Å². The summed E-state index contributed by atoms with van der Waals surface area (Å²) in [5.41, 5.74) is 10.8. The number of nitriles is 1. The van der Waals surface area contributed by atoms with Gasteiger partial charge >= 0.3 is 0 Å². The van der Waals surface area contributed by atoms with E-state index in [1.807, 2.05) is 31.2 Å². The van der Waals surface area contributed by atoms with Crippen LogP contribution < -0.4 is 0 Å². The molecule has 0 atom stereocenters. The van der Waals surface area contributed by atoms with Crippen molar-refractivity contribution in [2.75, 3.05) is 6.54 Å². The van der Waals surface area contributed by atoms with Crippen molar-refractivity contribution in [3.05, 3.63) is 51.4 Å². The smallest absolute Gasteiger partial charge is 0.0998 e. The SMILES string of the molecule is Cc1cccc(C#N)c1C=CCCN=[N+]=[N-]. The fourth-order valence-electron chi connectivity index (χ4n) is 1.38. The van der Waals surface area contributed by atoms with Gasteiger partial charge in [-0.3, -0.25) is 0 Å². The zero-order valence-electron chi connectivity index (χ0n) is 9.09. The highest BCUT2D eigenvalue weighted by Crippen LogP contribution is 2.15. The lowest BCUT2D eigenvalue weighted by Crippen LogP contribution is -1.86. The van der Waals surface area contributed by atoms with Gasteiger partial charge in [0.1, 0.15) is 0 Å². The summed E-state index contributed by atoms with van der Waals surface area (Å²) < 4.78 is 0. The van der Waals surface area contributed by atoms with Gasteiger partial charge < -0.3 is 0 Å². The fourth-order valence-corrected chi connectivity index (χ4v) is 1.38. The Balaban J connectivity index is 2.80. The van der Waals surface area contributed by atoms with Crippen LogP contribution in [-0.2, 0) is 0 Å².